The van der Waals surface area contributed by atoms with Crippen molar-refractivity contribution >= 4 is 93.5 Å². The monoisotopic (exact) mass is 868 g/mol. The van der Waals surface area contributed by atoms with Crippen LogP contribution in [0, 0.1) is 0 Å². The summed E-state index contributed by atoms with van der Waals surface area (Å²) in [6.07, 6.45) is 0. The Balaban J connectivity index is 1.02. The summed E-state index contributed by atoms with van der Waals surface area (Å²) in [6, 6.07) is 87.0. The van der Waals surface area contributed by atoms with Crippen LogP contribution < -0.4 is 4.90 Å². The Labute approximate surface area is 391 Å². The van der Waals surface area contributed by atoms with Crippen LogP contribution in [0.3, 0.4) is 0 Å². The zero-order chi connectivity index (χ0) is 44.7. The van der Waals surface area contributed by atoms with Gasteiger partial charge in [0, 0.05) is 49.3 Å². The first-order valence-corrected chi connectivity index (χ1v) is 23.2. The van der Waals surface area contributed by atoms with Gasteiger partial charge >= 0.3 is 0 Å². The standard InChI is InChI=1S/C64H40N2O2/c1-2-15-44-40-45(29-28-41(44)14-1)42-30-34-46(35-31-42)65(47-36-32-43(33-37-47)48-21-13-27-61-62(48)54-20-7-12-26-60(54)67-61)58-39-38-52-51-18-6-11-25-59(51)68-64(52)63(58)53-19-5-10-24-57(53)66-55-22-8-3-16-49(55)50-17-4-9-23-56(50)66/h1-40H. The molecule has 0 saturated heterocycles. The lowest BCUT2D eigenvalue weighted by Crippen LogP contribution is -2.12. The molecule has 0 N–H and O–H groups in total. The van der Waals surface area contributed by atoms with Crippen molar-refractivity contribution in [3.63, 3.8) is 0 Å². The summed E-state index contributed by atoms with van der Waals surface area (Å²) in [7, 11) is 0. The molecule has 4 heteroatoms. The van der Waals surface area contributed by atoms with Gasteiger partial charge in [0.05, 0.1) is 28.0 Å². The van der Waals surface area contributed by atoms with Crippen LogP contribution in [0.2, 0.25) is 0 Å². The van der Waals surface area contributed by atoms with E-state index in [1.165, 1.54) is 27.1 Å². The number of anilines is 3. The summed E-state index contributed by atoms with van der Waals surface area (Å²) in [5.41, 5.74) is 16.5. The molecule has 0 amide bonds. The van der Waals surface area contributed by atoms with Gasteiger partial charge < -0.3 is 18.3 Å². The average molecular weight is 869 g/mol. The molecule has 0 aliphatic rings. The summed E-state index contributed by atoms with van der Waals surface area (Å²) < 4.78 is 15.8. The molecule has 68 heavy (non-hydrogen) atoms. The third kappa shape index (κ3) is 5.94. The molecule has 0 aliphatic carbocycles. The van der Waals surface area contributed by atoms with Crippen LogP contribution in [0.1, 0.15) is 0 Å². The fourth-order valence-electron chi connectivity index (χ4n) is 10.7. The number of rotatable bonds is 7. The van der Waals surface area contributed by atoms with Crippen LogP contribution in [0.25, 0.3) is 116 Å². The minimum Gasteiger partial charge on any atom is -0.456 e. The smallest absolute Gasteiger partial charge is 0.145 e. The summed E-state index contributed by atoms with van der Waals surface area (Å²) in [5, 5.41) is 9.27. The van der Waals surface area contributed by atoms with Crippen LogP contribution in [0.4, 0.5) is 17.1 Å². The normalized spacial score (nSPS) is 11.8. The van der Waals surface area contributed by atoms with Gasteiger partial charge in [0.15, 0.2) is 0 Å². The highest BCUT2D eigenvalue weighted by atomic mass is 16.3. The number of benzene rings is 11. The van der Waals surface area contributed by atoms with Gasteiger partial charge in [0.1, 0.15) is 22.3 Å². The van der Waals surface area contributed by atoms with Crippen molar-refractivity contribution < 1.29 is 8.83 Å². The Morgan fingerprint density at radius 3 is 1.65 bits per heavy atom. The first-order valence-electron chi connectivity index (χ1n) is 23.2. The fourth-order valence-corrected chi connectivity index (χ4v) is 10.7. The number of furan rings is 2. The van der Waals surface area contributed by atoms with E-state index in [0.29, 0.717) is 0 Å². The van der Waals surface area contributed by atoms with Crippen molar-refractivity contribution in [1.82, 2.24) is 4.57 Å². The maximum Gasteiger partial charge on any atom is 0.145 e. The molecule has 0 unspecified atom stereocenters. The summed E-state index contributed by atoms with van der Waals surface area (Å²) >= 11 is 0. The van der Waals surface area contributed by atoms with Crippen molar-refractivity contribution in [1.29, 1.82) is 0 Å². The second-order valence-corrected chi connectivity index (χ2v) is 17.6. The maximum atomic E-state index is 7.06. The van der Waals surface area contributed by atoms with Gasteiger partial charge in [-0.05, 0) is 112 Å². The van der Waals surface area contributed by atoms with Crippen LogP contribution in [0.5, 0.6) is 0 Å². The van der Waals surface area contributed by atoms with Crippen LogP contribution in [0.15, 0.2) is 251 Å². The SMILES string of the molecule is c1ccc(-n2c3ccccc3c3ccccc32)c(-c2c(N(c3ccc(-c4ccc5ccccc5c4)cc3)c3ccc(-c4cccc5oc6ccccc6c45)cc3)ccc3c2oc2ccccc23)c1. The van der Waals surface area contributed by atoms with Crippen molar-refractivity contribution in [2.24, 2.45) is 0 Å². The predicted molar refractivity (Wildman–Crippen MR) is 284 cm³/mol. The van der Waals surface area contributed by atoms with E-state index in [1.54, 1.807) is 0 Å². The molecule has 0 saturated carbocycles. The molecule has 14 aromatic rings. The molecule has 0 spiro atoms. The van der Waals surface area contributed by atoms with Gasteiger partial charge in [-0.25, -0.2) is 0 Å². The molecule has 0 fully saturated rings. The van der Waals surface area contributed by atoms with Crippen molar-refractivity contribution in [3.8, 4) is 39.1 Å². The summed E-state index contributed by atoms with van der Waals surface area (Å²) in [6.45, 7) is 0. The molecule has 0 bridgehead atoms. The molecule has 0 atom stereocenters. The molecule has 3 heterocycles. The molecular weight excluding hydrogens is 829 g/mol. The molecule has 3 aromatic heterocycles. The van der Waals surface area contributed by atoms with E-state index < -0.39 is 0 Å². The van der Waals surface area contributed by atoms with Gasteiger partial charge in [-0.2, -0.15) is 0 Å². The van der Waals surface area contributed by atoms with Gasteiger partial charge in [-0.1, -0.05) is 164 Å². The topological polar surface area (TPSA) is 34.5 Å². The van der Waals surface area contributed by atoms with Gasteiger partial charge in [0.2, 0.25) is 0 Å². The molecule has 14 rings (SSSR count). The van der Waals surface area contributed by atoms with Crippen molar-refractivity contribution in [2.45, 2.75) is 0 Å². The number of nitrogens with zero attached hydrogens (tertiary/aromatic N) is 2. The van der Waals surface area contributed by atoms with E-state index in [2.05, 4.69) is 240 Å². The number of hydrogen-bond acceptors (Lipinski definition) is 3. The minimum atomic E-state index is 0.838. The average Bonchev–Trinajstić information content (AvgIpc) is 4.09. The number of aromatic nitrogens is 1. The lowest BCUT2D eigenvalue weighted by atomic mass is 9.96. The van der Waals surface area contributed by atoms with E-state index in [1.807, 2.05) is 12.1 Å². The Morgan fingerprint density at radius 1 is 0.338 bits per heavy atom. The van der Waals surface area contributed by atoms with Crippen LogP contribution >= 0.6 is 0 Å². The highest BCUT2D eigenvalue weighted by Gasteiger charge is 2.26. The Hall–Kier alpha value is -9.12. The summed E-state index contributed by atoms with van der Waals surface area (Å²) in [4.78, 5) is 2.40. The molecular formula is C64H40N2O2. The lowest BCUT2D eigenvalue weighted by molar-refractivity contribution is 0.669. The second kappa shape index (κ2) is 15.2. The zero-order valence-electron chi connectivity index (χ0n) is 36.8. The zero-order valence-corrected chi connectivity index (χ0v) is 36.8. The Kier molecular flexibility index (Phi) is 8.55. The van der Waals surface area contributed by atoms with Crippen molar-refractivity contribution in [2.75, 3.05) is 4.90 Å². The minimum absolute atomic E-state index is 0.838. The van der Waals surface area contributed by atoms with Crippen molar-refractivity contribution in [3.05, 3.63) is 243 Å². The molecule has 4 nitrogen and oxygen atoms in total. The molecule has 318 valence electrons. The van der Waals surface area contributed by atoms with Gasteiger partial charge in [-0.15, -0.1) is 0 Å². The van der Waals surface area contributed by atoms with E-state index in [0.717, 1.165) is 105 Å². The van der Waals surface area contributed by atoms with E-state index in [4.69, 9.17) is 8.83 Å². The first-order chi connectivity index (χ1) is 33.7. The number of hydrogen-bond donors (Lipinski definition) is 0. The maximum absolute atomic E-state index is 7.06. The van der Waals surface area contributed by atoms with Crippen LogP contribution in [-0.2, 0) is 0 Å². The predicted octanol–water partition coefficient (Wildman–Crippen LogP) is 18.2. The van der Waals surface area contributed by atoms with E-state index in [9.17, 15) is 0 Å². The molecule has 11 aromatic carbocycles. The molecule has 0 radical (unpaired) electrons. The second-order valence-electron chi connectivity index (χ2n) is 17.6. The largest absolute Gasteiger partial charge is 0.456 e. The van der Waals surface area contributed by atoms with E-state index >= 15 is 0 Å². The highest BCUT2D eigenvalue weighted by Crippen LogP contribution is 2.49. The summed E-state index contributed by atoms with van der Waals surface area (Å²) in [5.74, 6) is 0. The van der Waals surface area contributed by atoms with E-state index in [-0.39, 0.29) is 0 Å². The fraction of sp³-hybridized carbons (Fsp3) is 0. The van der Waals surface area contributed by atoms with Gasteiger partial charge in [0.25, 0.3) is 0 Å². The number of para-hydroxylation sites is 5. The quantitative estimate of drug-likeness (QED) is 0.160. The first kappa shape index (κ1) is 38.2. The Morgan fingerprint density at radius 2 is 0.897 bits per heavy atom. The van der Waals surface area contributed by atoms with Gasteiger partial charge in [-0.3, -0.25) is 0 Å². The third-order valence-electron chi connectivity index (χ3n) is 13.8. The number of fused-ring (bicyclic) bond motifs is 10. The molecule has 0 aliphatic heterocycles. The van der Waals surface area contributed by atoms with Crippen LogP contribution in [-0.4, -0.2) is 4.57 Å². The Bertz CT molecular complexity index is 4210. The third-order valence-corrected chi connectivity index (χ3v) is 13.8. The highest BCUT2D eigenvalue weighted by molar-refractivity contribution is 6.16. The lowest BCUT2D eigenvalue weighted by Gasteiger charge is -2.29.